The van der Waals surface area contributed by atoms with Gasteiger partial charge in [0, 0.05) is 56.4 Å². The highest BCUT2D eigenvalue weighted by Crippen LogP contribution is 2.21. The van der Waals surface area contributed by atoms with E-state index in [1.54, 1.807) is 0 Å². The molecule has 260 valence electrons. The monoisotopic (exact) mass is 625 g/mol. The van der Waals surface area contributed by atoms with Crippen molar-refractivity contribution in [2.24, 2.45) is 0 Å². The van der Waals surface area contributed by atoms with Gasteiger partial charge in [-0.3, -0.25) is 9.80 Å². The van der Waals surface area contributed by atoms with E-state index in [9.17, 15) is 10.2 Å². The topological polar surface area (TPSA) is 106 Å². The lowest BCUT2D eigenvalue weighted by atomic mass is 9.92. The summed E-state index contributed by atoms with van der Waals surface area (Å²) in [6.07, 6.45) is 16.5. The lowest BCUT2D eigenvalue weighted by Crippen LogP contribution is -2.47. The fourth-order valence-electron chi connectivity index (χ4n) is 8.00. The third kappa shape index (κ3) is 13.8. The van der Waals surface area contributed by atoms with Crippen molar-refractivity contribution in [3.63, 3.8) is 0 Å². The zero-order valence-electron chi connectivity index (χ0n) is 29.1. The molecule has 0 aromatic heterocycles. The molecule has 5 rings (SSSR count). The van der Waals surface area contributed by atoms with Gasteiger partial charge in [-0.2, -0.15) is 0 Å². The Morgan fingerprint density at radius 1 is 0.659 bits per heavy atom. The summed E-state index contributed by atoms with van der Waals surface area (Å²) in [7, 11) is 2.23. The van der Waals surface area contributed by atoms with Gasteiger partial charge in [0.1, 0.15) is 0 Å². The third-order valence-electron chi connectivity index (χ3n) is 11.0. The van der Waals surface area contributed by atoms with Crippen LogP contribution in [0.15, 0.2) is 0 Å². The Balaban J connectivity index is 0.000000181. The summed E-state index contributed by atoms with van der Waals surface area (Å²) in [6, 6.07) is 3.16. The maximum Gasteiger partial charge on any atom is 0.0693 e. The predicted octanol–water partition coefficient (Wildman–Crippen LogP) is 2.78. The normalized spacial score (nSPS) is 34.3. The second-order valence-corrected chi connectivity index (χ2v) is 14.4. The maximum atomic E-state index is 9.89. The molecule has 9 heteroatoms. The minimum absolute atomic E-state index is 0.0304. The van der Waals surface area contributed by atoms with Crippen molar-refractivity contribution in [3.05, 3.63) is 0 Å². The Kier molecular flexibility index (Phi) is 18.6. The smallest absolute Gasteiger partial charge is 0.0693 e. The predicted molar refractivity (Wildman–Crippen MR) is 183 cm³/mol. The molecule has 0 aromatic carbocycles. The van der Waals surface area contributed by atoms with Gasteiger partial charge in [-0.15, -0.1) is 0 Å². The average molecular weight is 625 g/mol. The molecule has 0 bridgehead atoms. The number of hydrogen-bond acceptors (Lipinski definition) is 9. The van der Waals surface area contributed by atoms with Gasteiger partial charge in [0.25, 0.3) is 0 Å². The number of likely N-dealkylation sites (tertiary alicyclic amines) is 3. The highest BCUT2D eigenvalue weighted by Gasteiger charge is 2.27. The van der Waals surface area contributed by atoms with Gasteiger partial charge >= 0.3 is 0 Å². The van der Waals surface area contributed by atoms with Gasteiger partial charge < -0.3 is 36.2 Å². The summed E-state index contributed by atoms with van der Waals surface area (Å²) in [5.74, 6) is 0. The Morgan fingerprint density at radius 2 is 1.23 bits per heavy atom. The molecular formula is C35H72N6O3. The largest absolute Gasteiger partial charge is 0.393 e. The molecule has 9 nitrogen and oxygen atoms in total. The van der Waals surface area contributed by atoms with Gasteiger partial charge in [-0.25, -0.2) is 0 Å². The number of nitrogens with one attached hydrogen (secondary N) is 3. The fraction of sp³-hybridized carbons (Fsp3) is 1.00. The van der Waals surface area contributed by atoms with E-state index in [-0.39, 0.29) is 18.3 Å². The molecule has 0 spiro atoms. The van der Waals surface area contributed by atoms with E-state index in [1.165, 1.54) is 77.5 Å². The van der Waals surface area contributed by atoms with E-state index in [4.69, 9.17) is 5.11 Å². The van der Waals surface area contributed by atoms with Crippen LogP contribution in [0.25, 0.3) is 0 Å². The van der Waals surface area contributed by atoms with Crippen LogP contribution in [0.4, 0.5) is 0 Å². The zero-order chi connectivity index (χ0) is 31.7. The van der Waals surface area contributed by atoms with Crippen LogP contribution in [0.3, 0.4) is 0 Å². The molecule has 3 aliphatic heterocycles. The van der Waals surface area contributed by atoms with Gasteiger partial charge in [0.15, 0.2) is 0 Å². The molecule has 0 radical (unpaired) electrons. The van der Waals surface area contributed by atoms with Crippen LogP contribution in [-0.4, -0.2) is 144 Å². The first-order valence-corrected chi connectivity index (χ1v) is 18.7. The maximum absolute atomic E-state index is 9.89. The van der Waals surface area contributed by atoms with Crippen LogP contribution in [0.5, 0.6) is 0 Å². The molecule has 5 fully saturated rings. The Morgan fingerprint density at radius 3 is 1.80 bits per heavy atom. The second kappa shape index (κ2) is 21.5. The van der Waals surface area contributed by atoms with Crippen molar-refractivity contribution in [1.82, 2.24) is 30.7 Å². The second-order valence-electron chi connectivity index (χ2n) is 14.4. The van der Waals surface area contributed by atoms with Crippen LogP contribution < -0.4 is 16.0 Å². The highest BCUT2D eigenvalue weighted by atomic mass is 16.3. The molecule has 6 atom stereocenters. The lowest BCUT2D eigenvalue weighted by molar-refractivity contribution is 0.0869. The highest BCUT2D eigenvalue weighted by molar-refractivity contribution is 4.86. The molecule has 3 heterocycles. The van der Waals surface area contributed by atoms with Crippen molar-refractivity contribution in [2.75, 3.05) is 66.0 Å². The summed E-state index contributed by atoms with van der Waals surface area (Å²) in [6.45, 7) is 16.3. The van der Waals surface area contributed by atoms with Crippen molar-refractivity contribution in [3.8, 4) is 0 Å². The standard InChI is InChI=1S/C13H26N2O.C12H24N2O.C10H22N2O/c1-2-15-9-5-6-11(15)10-14-12-7-3-4-8-13(12)16;1-14-8-2-3-11(14)9-13-10-4-6-12(15)7-5-10;1-3-12-6-4-5-10(12)8-11-7-9(2)13/h11-14,16H,2-10H2,1H3;10-13,15H,2-9H2,1H3;9-11,13H,3-8H2,1-2H3. The lowest BCUT2D eigenvalue weighted by Gasteiger charge is -2.31. The Bertz CT molecular complexity index is 723. The van der Waals surface area contributed by atoms with Gasteiger partial charge in [0.05, 0.1) is 18.3 Å². The van der Waals surface area contributed by atoms with Crippen molar-refractivity contribution in [1.29, 1.82) is 0 Å². The molecule has 0 aromatic rings. The van der Waals surface area contributed by atoms with Crippen LogP contribution in [-0.2, 0) is 0 Å². The van der Waals surface area contributed by atoms with E-state index in [2.05, 4.69) is 51.5 Å². The van der Waals surface area contributed by atoms with Crippen LogP contribution in [0.1, 0.15) is 111 Å². The van der Waals surface area contributed by atoms with E-state index >= 15 is 0 Å². The van der Waals surface area contributed by atoms with Crippen LogP contribution in [0.2, 0.25) is 0 Å². The van der Waals surface area contributed by atoms with E-state index in [0.717, 1.165) is 70.7 Å². The molecule has 2 saturated carbocycles. The molecule has 6 N–H and O–H groups in total. The fourth-order valence-corrected chi connectivity index (χ4v) is 8.00. The van der Waals surface area contributed by atoms with Crippen LogP contribution >= 0.6 is 0 Å². The molecule has 5 aliphatic rings. The number of rotatable bonds is 12. The first-order valence-electron chi connectivity index (χ1n) is 18.7. The summed E-state index contributed by atoms with van der Waals surface area (Å²) in [5.41, 5.74) is 0. The number of nitrogens with zero attached hydrogens (tertiary/aromatic N) is 3. The summed E-state index contributed by atoms with van der Waals surface area (Å²) < 4.78 is 0. The van der Waals surface area contributed by atoms with E-state index in [0.29, 0.717) is 30.7 Å². The van der Waals surface area contributed by atoms with Gasteiger partial charge in [-0.1, -0.05) is 26.7 Å². The van der Waals surface area contributed by atoms with Gasteiger partial charge in [-0.05, 0) is 124 Å². The molecule has 0 amide bonds. The molecular weight excluding hydrogens is 552 g/mol. The summed E-state index contributed by atoms with van der Waals surface area (Å²) in [4.78, 5) is 7.53. The molecule has 3 saturated heterocycles. The zero-order valence-corrected chi connectivity index (χ0v) is 29.1. The average Bonchev–Trinajstić information content (AvgIpc) is 3.78. The number of hydrogen-bond donors (Lipinski definition) is 6. The SMILES string of the molecule is CCN1CCCC1CNC1CCCCC1O.CCN1CCCC1CNCC(C)O.CN1CCCC1CNC1CCC(O)CC1. The first-order chi connectivity index (χ1) is 21.3. The number of likely N-dealkylation sites (N-methyl/N-ethyl adjacent to an activating group) is 3. The van der Waals surface area contributed by atoms with E-state index < -0.39 is 0 Å². The third-order valence-corrected chi connectivity index (χ3v) is 11.0. The molecule has 2 aliphatic carbocycles. The minimum Gasteiger partial charge on any atom is -0.393 e. The van der Waals surface area contributed by atoms with E-state index in [1.807, 2.05) is 6.92 Å². The number of aliphatic hydroxyl groups excluding tert-OH is 3. The van der Waals surface area contributed by atoms with Crippen molar-refractivity contribution < 1.29 is 15.3 Å². The quantitative estimate of drug-likeness (QED) is 0.196. The van der Waals surface area contributed by atoms with Gasteiger partial charge in [0.2, 0.25) is 0 Å². The molecule has 6 unspecified atom stereocenters. The van der Waals surface area contributed by atoms with Crippen LogP contribution in [0, 0.1) is 0 Å². The minimum atomic E-state index is -0.225. The van der Waals surface area contributed by atoms with Crippen molar-refractivity contribution in [2.45, 2.75) is 159 Å². The summed E-state index contributed by atoms with van der Waals surface area (Å²) in [5, 5.41) is 38.9. The summed E-state index contributed by atoms with van der Waals surface area (Å²) >= 11 is 0. The number of aliphatic hydroxyl groups is 3. The Hall–Kier alpha value is -0.360. The van der Waals surface area contributed by atoms with Crippen molar-refractivity contribution >= 4 is 0 Å². The Labute approximate surface area is 270 Å². The first kappa shape index (κ1) is 38.1. The molecule has 44 heavy (non-hydrogen) atoms.